The molecule has 0 aliphatic heterocycles. The second-order valence-electron chi connectivity index (χ2n) is 4.76. The predicted molar refractivity (Wildman–Crippen MR) is 97.0 cm³/mol. The Kier molecular flexibility index (Phi) is 4.97. The van der Waals surface area contributed by atoms with Gasteiger partial charge >= 0.3 is 0 Å². The van der Waals surface area contributed by atoms with Crippen LogP contribution in [0.5, 0.6) is 0 Å². The molecule has 0 fully saturated rings. The van der Waals surface area contributed by atoms with Crippen LogP contribution in [0.25, 0.3) is 0 Å². The molecule has 0 saturated heterocycles. The van der Waals surface area contributed by atoms with E-state index in [2.05, 4.69) is 6.07 Å². The molecule has 0 radical (unpaired) electrons. The van der Waals surface area contributed by atoms with Gasteiger partial charge < -0.3 is 5.73 Å². The number of Topliss-reactive ketones (excluding diaryl/α,β-unsaturated/α-hetero) is 1. The van der Waals surface area contributed by atoms with Crippen LogP contribution in [0, 0.1) is 0 Å². The van der Waals surface area contributed by atoms with Crippen LogP contribution in [-0.2, 0) is 0 Å². The molecule has 2 N–H and O–H groups in total. The maximum Gasteiger partial charge on any atom is 0.174 e. The lowest BCUT2D eigenvalue weighted by Crippen LogP contribution is -2.03. The third kappa shape index (κ3) is 3.61. The van der Waals surface area contributed by atoms with Gasteiger partial charge in [-0.25, -0.2) is 0 Å². The Bertz CT molecular complexity index is 735. The molecule has 0 saturated carbocycles. The Morgan fingerprint density at radius 2 is 1.82 bits per heavy atom. The summed E-state index contributed by atoms with van der Waals surface area (Å²) in [5.41, 5.74) is 6.81. The number of thioether (sulfide) groups is 1. The fourth-order valence-corrected chi connectivity index (χ4v) is 4.91. The monoisotopic (exact) mass is 345 g/mol. The van der Waals surface area contributed by atoms with Crippen molar-refractivity contribution in [2.75, 3.05) is 5.73 Å². The summed E-state index contributed by atoms with van der Waals surface area (Å²) >= 11 is 4.85. The number of carbonyl (C=O) groups excluding carboxylic acids is 1. The van der Waals surface area contributed by atoms with Crippen molar-refractivity contribution >= 4 is 45.9 Å². The van der Waals surface area contributed by atoms with Crippen LogP contribution in [0.15, 0.2) is 64.2 Å². The van der Waals surface area contributed by atoms with Crippen molar-refractivity contribution in [1.82, 2.24) is 0 Å². The summed E-state index contributed by atoms with van der Waals surface area (Å²) in [4.78, 5) is 15.5. The van der Waals surface area contributed by atoms with E-state index < -0.39 is 0 Å². The molecule has 1 aromatic carbocycles. The molecule has 1 atom stereocenters. The van der Waals surface area contributed by atoms with Gasteiger partial charge in [-0.05, 0) is 35.0 Å². The van der Waals surface area contributed by atoms with Crippen LogP contribution in [0.1, 0.15) is 26.2 Å². The maximum absolute atomic E-state index is 12.5. The SMILES string of the molecule is Nc1ccccc1S[C@H](CC(=O)c1cccs1)c1cccs1. The highest BCUT2D eigenvalue weighted by molar-refractivity contribution is 7.99. The van der Waals surface area contributed by atoms with Crippen molar-refractivity contribution in [3.8, 4) is 0 Å². The number of nitrogen functional groups attached to an aromatic ring is 1. The van der Waals surface area contributed by atoms with E-state index in [1.165, 1.54) is 16.2 Å². The van der Waals surface area contributed by atoms with Gasteiger partial charge in [-0.1, -0.05) is 24.3 Å². The molecule has 0 bridgehead atoms. The lowest BCUT2D eigenvalue weighted by molar-refractivity contribution is 0.0986. The van der Waals surface area contributed by atoms with Gasteiger partial charge in [0.05, 0.1) is 10.1 Å². The highest BCUT2D eigenvalue weighted by Gasteiger charge is 2.20. The molecule has 0 amide bonds. The summed E-state index contributed by atoms with van der Waals surface area (Å²) in [6.07, 6.45) is 0.486. The second kappa shape index (κ2) is 7.13. The molecule has 112 valence electrons. The van der Waals surface area contributed by atoms with Crippen LogP contribution in [0.3, 0.4) is 0 Å². The Balaban J connectivity index is 1.82. The van der Waals surface area contributed by atoms with E-state index in [0.717, 1.165) is 15.5 Å². The first-order valence-corrected chi connectivity index (χ1v) is 9.49. The molecule has 0 spiro atoms. The average Bonchev–Trinajstić information content (AvgIpc) is 3.22. The van der Waals surface area contributed by atoms with Gasteiger partial charge in [0, 0.05) is 21.9 Å². The Morgan fingerprint density at radius 1 is 1.05 bits per heavy atom. The largest absolute Gasteiger partial charge is 0.398 e. The topological polar surface area (TPSA) is 43.1 Å². The van der Waals surface area contributed by atoms with E-state index in [1.54, 1.807) is 23.1 Å². The quantitative estimate of drug-likeness (QED) is 0.364. The molecule has 0 aliphatic carbocycles. The summed E-state index contributed by atoms with van der Waals surface area (Å²) in [7, 11) is 0. The summed E-state index contributed by atoms with van der Waals surface area (Å²) in [6.45, 7) is 0. The third-order valence-corrected chi connectivity index (χ3v) is 6.59. The number of thiophene rings is 2. The normalized spacial score (nSPS) is 12.2. The minimum Gasteiger partial charge on any atom is -0.398 e. The van der Waals surface area contributed by atoms with Gasteiger partial charge in [0.25, 0.3) is 0 Å². The zero-order valence-electron chi connectivity index (χ0n) is 11.8. The van der Waals surface area contributed by atoms with Crippen LogP contribution in [0.4, 0.5) is 5.69 Å². The number of nitrogens with two attached hydrogens (primary N) is 1. The fraction of sp³-hybridized carbons (Fsp3) is 0.118. The summed E-state index contributed by atoms with van der Waals surface area (Å²) in [5, 5.41) is 4.09. The van der Waals surface area contributed by atoms with Gasteiger partial charge in [-0.15, -0.1) is 34.4 Å². The first kappa shape index (κ1) is 15.3. The molecule has 2 aromatic heterocycles. The summed E-state index contributed by atoms with van der Waals surface area (Å²) in [6, 6.07) is 15.7. The highest BCUT2D eigenvalue weighted by Crippen LogP contribution is 2.42. The fourth-order valence-electron chi connectivity index (χ4n) is 2.12. The standard InChI is InChI=1S/C17H15NOS3/c18-12-5-1-2-6-14(12)22-17(16-8-4-10-21-16)11-13(19)15-7-3-9-20-15/h1-10,17H,11,18H2/t17-/m1/s1. The van der Waals surface area contributed by atoms with Crippen molar-refractivity contribution < 1.29 is 4.79 Å². The van der Waals surface area contributed by atoms with Gasteiger partial charge in [0.1, 0.15) is 0 Å². The number of carbonyl (C=O) groups is 1. The van der Waals surface area contributed by atoms with Crippen molar-refractivity contribution in [3.05, 3.63) is 69.0 Å². The van der Waals surface area contributed by atoms with E-state index in [9.17, 15) is 4.79 Å². The lowest BCUT2D eigenvalue weighted by Gasteiger charge is -2.15. The second-order valence-corrected chi connectivity index (χ2v) is 7.94. The Morgan fingerprint density at radius 3 is 2.50 bits per heavy atom. The van der Waals surface area contributed by atoms with Gasteiger partial charge in [-0.3, -0.25) is 4.79 Å². The first-order valence-electron chi connectivity index (χ1n) is 6.85. The molecule has 5 heteroatoms. The van der Waals surface area contributed by atoms with Crippen molar-refractivity contribution in [2.24, 2.45) is 0 Å². The van der Waals surface area contributed by atoms with Crippen LogP contribution in [0.2, 0.25) is 0 Å². The number of benzene rings is 1. The van der Waals surface area contributed by atoms with E-state index >= 15 is 0 Å². The average molecular weight is 346 g/mol. The predicted octanol–water partition coefficient (Wildman–Crippen LogP) is 5.50. The van der Waals surface area contributed by atoms with E-state index in [-0.39, 0.29) is 11.0 Å². The molecule has 0 aliphatic rings. The zero-order chi connectivity index (χ0) is 15.4. The minimum atomic E-state index is 0.0966. The van der Waals surface area contributed by atoms with E-state index in [0.29, 0.717) is 6.42 Å². The molecule has 22 heavy (non-hydrogen) atoms. The number of ketones is 1. The van der Waals surface area contributed by atoms with Gasteiger partial charge in [0.2, 0.25) is 0 Å². The van der Waals surface area contributed by atoms with Crippen LogP contribution < -0.4 is 5.73 Å². The Hall–Kier alpha value is -1.56. The number of hydrogen-bond donors (Lipinski definition) is 1. The van der Waals surface area contributed by atoms with Gasteiger partial charge in [-0.2, -0.15) is 0 Å². The minimum absolute atomic E-state index is 0.0966. The number of rotatable bonds is 6. The number of hydrogen-bond acceptors (Lipinski definition) is 5. The van der Waals surface area contributed by atoms with Gasteiger partial charge in [0.15, 0.2) is 5.78 Å². The van der Waals surface area contributed by atoms with Crippen LogP contribution in [-0.4, -0.2) is 5.78 Å². The first-order chi connectivity index (χ1) is 10.7. The van der Waals surface area contributed by atoms with E-state index in [4.69, 9.17) is 5.73 Å². The smallest absolute Gasteiger partial charge is 0.174 e. The third-order valence-electron chi connectivity index (χ3n) is 3.22. The summed E-state index contributed by atoms with van der Waals surface area (Å²) in [5.74, 6) is 0.190. The molecule has 2 heterocycles. The molecule has 3 aromatic rings. The highest BCUT2D eigenvalue weighted by atomic mass is 32.2. The Labute approximate surface area is 142 Å². The zero-order valence-corrected chi connectivity index (χ0v) is 14.2. The molecular formula is C17H15NOS3. The maximum atomic E-state index is 12.5. The number of anilines is 1. The summed E-state index contributed by atoms with van der Waals surface area (Å²) < 4.78 is 0. The lowest BCUT2D eigenvalue weighted by atomic mass is 10.1. The molecule has 2 nitrogen and oxygen atoms in total. The molecule has 3 rings (SSSR count). The van der Waals surface area contributed by atoms with Crippen molar-refractivity contribution in [2.45, 2.75) is 16.6 Å². The van der Waals surface area contributed by atoms with Crippen LogP contribution >= 0.6 is 34.4 Å². The molecule has 0 unspecified atom stereocenters. The molecular weight excluding hydrogens is 330 g/mol. The van der Waals surface area contributed by atoms with E-state index in [1.807, 2.05) is 53.2 Å². The van der Waals surface area contributed by atoms with Crippen molar-refractivity contribution in [1.29, 1.82) is 0 Å². The number of para-hydroxylation sites is 1. The van der Waals surface area contributed by atoms with Crippen molar-refractivity contribution in [3.63, 3.8) is 0 Å².